The van der Waals surface area contributed by atoms with Crippen LogP contribution in [-0.2, 0) is 0 Å². The summed E-state index contributed by atoms with van der Waals surface area (Å²) in [5, 5.41) is 10.4. The quantitative estimate of drug-likeness (QED) is 0.817. The number of rotatable bonds is 5. The molecule has 19 heavy (non-hydrogen) atoms. The molecule has 0 heterocycles. The Hall–Kier alpha value is -0.0800. The average Bonchev–Trinajstić information content (AvgIpc) is 2.37. The molecule has 1 aliphatic carbocycles. The number of likely N-dealkylation sites (N-methyl/N-ethyl adjacent to an activating group) is 1. The Morgan fingerprint density at radius 1 is 1.21 bits per heavy atom. The van der Waals surface area contributed by atoms with E-state index in [1.165, 1.54) is 12.8 Å². The molecule has 1 N–H and O–H groups in total. The van der Waals surface area contributed by atoms with Crippen LogP contribution in [-0.4, -0.2) is 35.2 Å². The average molecular weight is 269 g/mol. The molecule has 114 valence electrons. The van der Waals surface area contributed by atoms with Crippen molar-refractivity contribution < 1.29 is 5.11 Å². The van der Waals surface area contributed by atoms with Crippen LogP contribution in [0.25, 0.3) is 0 Å². The van der Waals surface area contributed by atoms with Gasteiger partial charge in [0.1, 0.15) is 0 Å². The summed E-state index contributed by atoms with van der Waals surface area (Å²) in [6.45, 7) is 13.9. The van der Waals surface area contributed by atoms with Crippen LogP contribution in [0.1, 0.15) is 67.2 Å². The van der Waals surface area contributed by atoms with Gasteiger partial charge in [-0.25, -0.2) is 0 Å². The van der Waals surface area contributed by atoms with Crippen molar-refractivity contribution >= 4 is 0 Å². The normalized spacial score (nSPS) is 30.9. The summed E-state index contributed by atoms with van der Waals surface area (Å²) in [5.74, 6) is 1.38. The second-order valence-corrected chi connectivity index (χ2v) is 7.64. The van der Waals surface area contributed by atoms with Crippen molar-refractivity contribution in [2.24, 2.45) is 17.3 Å². The van der Waals surface area contributed by atoms with Gasteiger partial charge in [0.25, 0.3) is 0 Å². The van der Waals surface area contributed by atoms with E-state index in [4.69, 9.17) is 0 Å². The molecule has 1 saturated carbocycles. The molecule has 0 radical (unpaired) electrons. The van der Waals surface area contributed by atoms with E-state index < -0.39 is 0 Å². The summed E-state index contributed by atoms with van der Waals surface area (Å²) in [6, 6.07) is 0.866. The Kier molecular flexibility index (Phi) is 5.88. The van der Waals surface area contributed by atoms with Gasteiger partial charge in [0.05, 0.1) is 6.10 Å². The van der Waals surface area contributed by atoms with Gasteiger partial charge in [0, 0.05) is 12.1 Å². The van der Waals surface area contributed by atoms with Gasteiger partial charge in [-0.05, 0) is 50.5 Å². The summed E-state index contributed by atoms with van der Waals surface area (Å²) in [6.07, 6.45) is 4.38. The Balaban J connectivity index is 2.76. The molecule has 0 aromatic rings. The first-order valence-corrected chi connectivity index (χ1v) is 8.10. The van der Waals surface area contributed by atoms with Crippen molar-refractivity contribution in [3.8, 4) is 0 Å². The molecule has 4 atom stereocenters. The highest BCUT2D eigenvalue weighted by Crippen LogP contribution is 2.42. The highest BCUT2D eigenvalue weighted by molar-refractivity contribution is 4.92. The minimum absolute atomic E-state index is 0.143. The monoisotopic (exact) mass is 269 g/mol. The molecule has 1 rings (SSSR count). The van der Waals surface area contributed by atoms with Gasteiger partial charge in [0.15, 0.2) is 0 Å². The lowest BCUT2D eigenvalue weighted by Crippen LogP contribution is -2.51. The predicted molar refractivity (Wildman–Crippen MR) is 83.3 cm³/mol. The Labute approximate surface area is 120 Å². The number of hydrogen-bond acceptors (Lipinski definition) is 2. The first-order valence-electron chi connectivity index (χ1n) is 8.10. The third-order valence-corrected chi connectivity index (χ3v) is 5.93. The zero-order chi connectivity index (χ0) is 14.8. The van der Waals surface area contributed by atoms with E-state index in [2.05, 4.69) is 53.5 Å². The van der Waals surface area contributed by atoms with E-state index in [-0.39, 0.29) is 6.10 Å². The van der Waals surface area contributed by atoms with E-state index in [0.717, 1.165) is 18.8 Å². The van der Waals surface area contributed by atoms with E-state index in [0.29, 0.717) is 23.4 Å². The first kappa shape index (κ1) is 17.0. The third kappa shape index (κ3) is 3.95. The number of aliphatic hydroxyl groups is 1. The van der Waals surface area contributed by atoms with Crippen molar-refractivity contribution in [3.05, 3.63) is 0 Å². The van der Waals surface area contributed by atoms with E-state index in [1.807, 2.05) is 0 Å². The van der Waals surface area contributed by atoms with Crippen molar-refractivity contribution in [2.75, 3.05) is 7.05 Å². The summed E-state index contributed by atoms with van der Waals surface area (Å²) in [4.78, 5) is 2.42. The SMILES string of the molecule is CCC(C)(C)C1CCC(O)C(N(C)C(C)C(C)C)C1. The highest BCUT2D eigenvalue weighted by atomic mass is 16.3. The smallest absolute Gasteiger partial charge is 0.0695 e. The highest BCUT2D eigenvalue weighted by Gasteiger charge is 2.39. The lowest BCUT2D eigenvalue weighted by molar-refractivity contribution is -0.0295. The molecule has 0 amide bonds. The van der Waals surface area contributed by atoms with Crippen LogP contribution in [0.2, 0.25) is 0 Å². The molecule has 0 aromatic carbocycles. The van der Waals surface area contributed by atoms with E-state index in [9.17, 15) is 5.11 Å². The Morgan fingerprint density at radius 2 is 1.79 bits per heavy atom. The van der Waals surface area contributed by atoms with E-state index in [1.54, 1.807) is 0 Å². The van der Waals surface area contributed by atoms with E-state index >= 15 is 0 Å². The fourth-order valence-corrected chi connectivity index (χ4v) is 3.34. The van der Waals surface area contributed by atoms with Gasteiger partial charge in [-0.2, -0.15) is 0 Å². The molecule has 4 unspecified atom stereocenters. The Morgan fingerprint density at radius 3 is 2.26 bits per heavy atom. The van der Waals surface area contributed by atoms with Crippen LogP contribution in [0.4, 0.5) is 0 Å². The second kappa shape index (κ2) is 6.58. The lowest BCUT2D eigenvalue weighted by atomic mass is 9.67. The lowest BCUT2D eigenvalue weighted by Gasteiger charge is -2.46. The van der Waals surface area contributed by atoms with Crippen molar-refractivity contribution in [1.82, 2.24) is 4.90 Å². The van der Waals surface area contributed by atoms with Gasteiger partial charge >= 0.3 is 0 Å². The molecule has 2 heteroatoms. The molecule has 1 aliphatic rings. The largest absolute Gasteiger partial charge is 0.391 e. The topological polar surface area (TPSA) is 23.5 Å². The fraction of sp³-hybridized carbons (Fsp3) is 1.00. The molecule has 0 spiro atoms. The number of aliphatic hydroxyl groups excluding tert-OH is 1. The van der Waals surface area contributed by atoms with Gasteiger partial charge < -0.3 is 5.11 Å². The van der Waals surface area contributed by atoms with Crippen LogP contribution in [0.15, 0.2) is 0 Å². The predicted octanol–water partition coefficient (Wildman–Crippen LogP) is 3.93. The van der Waals surface area contributed by atoms with Crippen molar-refractivity contribution in [1.29, 1.82) is 0 Å². The number of hydrogen-bond donors (Lipinski definition) is 1. The molecule has 0 aromatic heterocycles. The van der Waals surface area contributed by atoms with Gasteiger partial charge in [0.2, 0.25) is 0 Å². The van der Waals surface area contributed by atoms with Gasteiger partial charge in [-0.3, -0.25) is 4.90 Å². The van der Waals surface area contributed by atoms with Crippen LogP contribution in [0.3, 0.4) is 0 Å². The van der Waals surface area contributed by atoms with Crippen LogP contribution in [0.5, 0.6) is 0 Å². The van der Waals surface area contributed by atoms with Crippen LogP contribution < -0.4 is 0 Å². The standard InChI is InChI=1S/C17H35NO/c1-8-17(5,6)14-9-10-16(19)15(11-14)18(7)13(4)12(2)3/h12-16,19H,8-11H2,1-7H3. The zero-order valence-corrected chi connectivity index (χ0v) is 14.1. The van der Waals surface area contributed by atoms with Crippen molar-refractivity contribution in [3.63, 3.8) is 0 Å². The minimum atomic E-state index is -0.143. The van der Waals surface area contributed by atoms with Crippen molar-refractivity contribution in [2.45, 2.75) is 85.4 Å². The molecular weight excluding hydrogens is 234 g/mol. The zero-order valence-electron chi connectivity index (χ0n) is 14.1. The van der Waals surface area contributed by atoms with Gasteiger partial charge in [-0.15, -0.1) is 0 Å². The van der Waals surface area contributed by atoms with Crippen LogP contribution in [0, 0.1) is 17.3 Å². The maximum absolute atomic E-state index is 10.4. The summed E-state index contributed by atoms with van der Waals surface area (Å²) >= 11 is 0. The molecule has 2 nitrogen and oxygen atoms in total. The second-order valence-electron chi connectivity index (χ2n) is 7.64. The molecule has 0 aliphatic heterocycles. The maximum Gasteiger partial charge on any atom is 0.0695 e. The Bertz CT molecular complexity index is 274. The van der Waals surface area contributed by atoms with Crippen LogP contribution >= 0.6 is 0 Å². The molecule has 1 fully saturated rings. The summed E-state index contributed by atoms with van der Waals surface area (Å²) < 4.78 is 0. The number of nitrogens with zero attached hydrogens (tertiary/aromatic N) is 1. The third-order valence-electron chi connectivity index (χ3n) is 5.93. The summed E-state index contributed by atoms with van der Waals surface area (Å²) in [5.41, 5.74) is 0.403. The fourth-order valence-electron chi connectivity index (χ4n) is 3.34. The maximum atomic E-state index is 10.4. The molecule has 0 saturated heterocycles. The molecule has 0 bridgehead atoms. The van der Waals surface area contributed by atoms with Gasteiger partial charge in [-0.1, -0.05) is 41.0 Å². The first-order chi connectivity index (χ1) is 8.70. The summed E-state index contributed by atoms with van der Waals surface area (Å²) in [7, 11) is 2.19. The molecular formula is C17H35NO. The minimum Gasteiger partial charge on any atom is -0.391 e.